The van der Waals surface area contributed by atoms with Crippen LogP contribution in [-0.4, -0.2) is 27.2 Å². The van der Waals surface area contributed by atoms with Crippen LogP contribution in [0.3, 0.4) is 0 Å². The number of nitrogens with zero attached hydrogens (tertiary/aromatic N) is 3. The minimum atomic E-state index is -0.155. The summed E-state index contributed by atoms with van der Waals surface area (Å²) in [7, 11) is 0. The van der Waals surface area contributed by atoms with Crippen LogP contribution in [-0.2, 0) is 17.8 Å². The third-order valence-electron chi connectivity index (χ3n) is 3.46. The zero-order valence-corrected chi connectivity index (χ0v) is 15.0. The lowest BCUT2D eigenvalue weighted by atomic mass is 10.2. The summed E-state index contributed by atoms with van der Waals surface area (Å²) in [5, 5.41) is 7.84. The standard InChI is InChI=1S/C18H23ClN4O/c1-13(2)12-23-18(19)16(14(3)22-23)7-8-17(24)21-11-9-15-6-4-5-10-20-15/h4-8,10,13H,9,11-12H2,1-3H3,(H,21,24)/b8-7+. The van der Waals surface area contributed by atoms with Gasteiger partial charge in [-0.15, -0.1) is 0 Å². The largest absolute Gasteiger partial charge is 0.352 e. The number of carbonyl (C=O) groups excluding carboxylic acids is 1. The van der Waals surface area contributed by atoms with Gasteiger partial charge < -0.3 is 5.32 Å². The Kier molecular flexibility index (Phi) is 6.55. The second kappa shape index (κ2) is 8.64. The minimum Gasteiger partial charge on any atom is -0.352 e. The van der Waals surface area contributed by atoms with Crippen molar-refractivity contribution in [2.45, 2.75) is 33.7 Å². The minimum absolute atomic E-state index is 0.155. The van der Waals surface area contributed by atoms with E-state index in [1.54, 1.807) is 17.0 Å². The predicted molar refractivity (Wildman–Crippen MR) is 96.8 cm³/mol. The van der Waals surface area contributed by atoms with Crippen molar-refractivity contribution in [3.05, 3.63) is 52.6 Å². The van der Waals surface area contributed by atoms with Crippen molar-refractivity contribution in [3.8, 4) is 0 Å². The lowest BCUT2D eigenvalue weighted by molar-refractivity contribution is -0.116. The van der Waals surface area contributed by atoms with Crippen LogP contribution >= 0.6 is 11.6 Å². The highest BCUT2D eigenvalue weighted by atomic mass is 35.5. The third kappa shape index (κ3) is 5.20. The van der Waals surface area contributed by atoms with E-state index in [2.05, 4.69) is 29.2 Å². The monoisotopic (exact) mass is 346 g/mol. The molecule has 0 saturated carbocycles. The third-order valence-corrected chi connectivity index (χ3v) is 3.85. The van der Waals surface area contributed by atoms with Gasteiger partial charge in [0.05, 0.1) is 5.69 Å². The summed E-state index contributed by atoms with van der Waals surface area (Å²) < 4.78 is 1.78. The second-order valence-electron chi connectivity index (χ2n) is 6.06. The van der Waals surface area contributed by atoms with Gasteiger partial charge in [-0.25, -0.2) is 0 Å². The summed E-state index contributed by atoms with van der Waals surface area (Å²) in [5.41, 5.74) is 2.56. The molecule has 0 spiro atoms. The summed E-state index contributed by atoms with van der Waals surface area (Å²) in [4.78, 5) is 16.1. The van der Waals surface area contributed by atoms with Crippen molar-refractivity contribution in [2.75, 3.05) is 6.54 Å². The highest BCUT2D eigenvalue weighted by Crippen LogP contribution is 2.22. The highest BCUT2D eigenvalue weighted by Gasteiger charge is 2.12. The van der Waals surface area contributed by atoms with E-state index >= 15 is 0 Å². The van der Waals surface area contributed by atoms with Gasteiger partial charge in [0, 0.05) is 43.0 Å². The van der Waals surface area contributed by atoms with Crippen molar-refractivity contribution in [2.24, 2.45) is 5.92 Å². The Morgan fingerprint density at radius 2 is 2.21 bits per heavy atom. The lowest BCUT2D eigenvalue weighted by Crippen LogP contribution is -2.23. The smallest absolute Gasteiger partial charge is 0.244 e. The van der Waals surface area contributed by atoms with Crippen molar-refractivity contribution < 1.29 is 4.79 Å². The van der Waals surface area contributed by atoms with E-state index in [-0.39, 0.29) is 5.91 Å². The van der Waals surface area contributed by atoms with Crippen LogP contribution in [0.5, 0.6) is 0 Å². The Bertz CT molecular complexity index is 707. The summed E-state index contributed by atoms with van der Waals surface area (Å²) >= 11 is 6.35. The van der Waals surface area contributed by atoms with Gasteiger partial charge in [-0.1, -0.05) is 31.5 Å². The molecular weight excluding hydrogens is 324 g/mol. The Morgan fingerprint density at radius 3 is 2.88 bits per heavy atom. The summed E-state index contributed by atoms with van der Waals surface area (Å²) in [6.45, 7) is 7.40. The summed E-state index contributed by atoms with van der Waals surface area (Å²) in [6, 6.07) is 5.74. The molecule has 0 fully saturated rings. The van der Waals surface area contributed by atoms with Gasteiger partial charge in [-0.05, 0) is 31.1 Å². The zero-order valence-electron chi connectivity index (χ0n) is 14.3. The lowest BCUT2D eigenvalue weighted by Gasteiger charge is -2.05. The molecule has 0 unspecified atom stereocenters. The van der Waals surface area contributed by atoms with Crippen LogP contribution in [0.25, 0.3) is 6.08 Å². The van der Waals surface area contributed by atoms with Crippen molar-refractivity contribution >= 4 is 23.6 Å². The number of rotatable bonds is 7. The topological polar surface area (TPSA) is 59.8 Å². The quantitative estimate of drug-likeness (QED) is 0.783. The van der Waals surface area contributed by atoms with E-state index < -0.39 is 0 Å². The van der Waals surface area contributed by atoms with Gasteiger partial charge in [-0.2, -0.15) is 5.10 Å². The van der Waals surface area contributed by atoms with Gasteiger partial charge in [-0.3, -0.25) is 14.5 Å². The Labute approximate surface area is 147 Å². The van der Waals surface area contributed by atoms with Crippen molar-refractivity contribution in [1.82, 2.24) is 20.1 Å². The van der Waals surface area contributed by atoms with Gasteiger partial charge >= 0.3 is 0 Å². The molecule has 0 radical (unpaired) electrons. The SMILES string of the molecule is Cc1nn(CC(C)C)c(Cl)c1/C=C/C(=O)NCCc1ccccn1. The fourth-order valence-electron chi connectivity index (χ4n) is 2.30. The first-order chi connectivity index (χ1) is 11.5. The van der Waals surface area contributed by atoms with E-state index in [1.165, 1.54) is 6.08 Å². The van der Waals surface area contributed by atoms with Crippen LogP contribution < -0.4 is 5.32 Å². The number of hydrogen-bond acceptors (Lipinski definition) is 3. The molecule has 2 heterocycles. The number of pyridine rings is 1. The van der Waals surface area contributed by atoms with E-state index in [0.717, 1.165) is 23.5 Å². The molecule has 0 aliphatic heterocycles. The van der Waals surface area contributed by atoms with Crippen LogP contribution in [0.2, 0.25) is 5.15 Å². The molecule has 2 aromatic heterocycles. The highest BCUT2D eigenvalue weighted by molar-refractivity contribution is 6.31. The van der Waals surface area contributed by atoms with E-state index in [4.69, 9.17) is 11.6 Å². The van der Waals surface area contributed by atoms with Crippen LogP contribution in [0, 0.1) is 12.8 Å². The van der Waals surface area contributed by atoms with Gasteiger partial charge in [0.25, 0.3) is 0 Å². The fourth-order valence-corrected chi connectivity index (χ4v) is 2.61. The number of nitrogens with one attached hydrogen (secondary N) is 1. The van der Waals surface area contributed by atoms with Crippen molar-refractivity contribution in [3.63, 3.8) is 0 Å². The number of aromatic nitrogens is 3. The number of amides is 1. The molecule has 6 heteroatoms. The molecule has 0 atom stereocenters. The molecule has 5 nitrogen and oxygen atoms in total. The molecular formula is C18H23ClN4O. The van der Waals surface area contributed by atoms with Gasteiger partial charge in [0.1, 0.15) is 5.15 Å². The summed E-state index contributed by atoms with van der Waals surface area (Å²) in [6.07, 6.45) is 5.66. The van der Waals surface area contributed by atoms with Crippen LogP contribution in [0.4, 0.5) is 0 Å². The Balaban J connectivity index is 1.90. The van der Waals surface area contributed by atoms with Crippen molar-refractivity contribution in [1.29, 1.82) is 0 Å². The normalized spacial score (nSPS) is 11.4. The van der Waals surface area contributed by atoms with E-state index in [0.29, 0.717) is 24.0 Å². The number of hydrogen-bond donors (Lipinski definition) is 1. The molecule has 0 aromatic carbocycles. The molecule has 24 heavy (non-hydrogen) atoms. The molecule has 0 bridgehead atoms. The van der Waals surface area contributed by atoms with Crippen LogP contribution in [0.15, 0.2) is 30.5 Å². The number of aryl methyl sites for hydroxylation is 1. The van der Waals surface area contributed by atoms with E-state index in [9.17, 15) is 4.79 Å². The molecule has 1 amide bonds. The second-order valence-corrected chi connectivity index (χ2v) is 6.42. The maximum atomic E-state index is 11.9. The summed E-state index contributed by atoms with van der Waals surface area (Å²) in [5.74, 6) is 0.298. The Hall–Kier alpha value is -2.14. The van der Waals surface area contributed by atoms with E-state index in [1.807, 2.05) is 25.1 Å². The zero-order chi connectivity index (χ0) is 17.5. The fraction of sp³-hybridized carbons (Fsp3) is 0.389. The first-order valence-electron chi connectivity index (χ1n) is 8.06. The first-order valence-corrected chi connectivity index (χ1v) is 8.44. The average molecular weight is 347 g/mol. The molecule has 2 rings (SSSR count). The van der Waals surface area contributed by atoms with Gasteiger partial charge in [0.15, 0.2) is 0 Å². The maximum absolute atomic E-state index is 11.9. The Morgan fingerprint density at radius 1 is 1.42 bits per heavy atom. The first kappa shape index (κ1) is 18.2. The predicted octanol–water partition coefficient (Wildman–Crippen LogP) is 3.27. The molecule has 0 aliphatic rings. The maximum Gasteiger partial charge on any atom is 0.244 e. The molecule has 1 N–H and O–H groups in total. The molecule has 0 aliphatic carbocycles. The number of carbonyl (C=O) groups is 1. The van der Waals surface area contributed by atoms with Gasteiger partial charge in [0.2, 0.25) is 5.91 Å². The molecule has 128 valence electrons. The molecule has 2 aromatic rings. The number of halogens is 1. The van der Waals surface area contributed by atoms with Crippen LogP contribution in [0.1, 0.15) is 30.8 Å². The molecule has 0 saturated heterocycles. The average Bonchev–Trinajstić information content (AvgIpc) is 2.80.